The van der Waals surface area contributed by atoms with Gasteiger partial charge in [0.25, 0.3) is 0 Å². The molecule has 0 aliphatic rings. The minimum Gasteiger partial charge on any atom is -0.383 e. The predicted octanol–water partition coefficient (Wildman–Crippen LogP) is 1.62. The first-order valence-corrected chi connectivity index (χ1v) is 6.43. The molecule has 0 bridgehead atoms. The van der Waals surface area contributed by atoms with Crippen molar-refractivity contribution in [3.8, 4) is 23.6 Å². The number of nitrogens with two attached hydrogens (primary N) is 1. The Hall–Kier alpha value is -2.22. The Labute approximate surface area is 113 Å². The molecule has 0 spiro atoms. The summed E-state index contributed by atoms with van der Waals surface area (Å²) >= 11 is 0. The van der Waals surface area contributed by atoms with Crippen molar-refractivity contribution in [1.29, 1.82) is 0 Å². The molecule has 0 atom stereocenters. The molecule has 2 rings (SSSR count). The summed E-state index contributed by atoms with van der Waals surface area (Å²) in [5.41, 5.74) is 8.98. The number of imidazole rings is 1. The van der Waals surface area contributed by atoms with Crippen molar-refractivity contribution in [1.82, 2.24) is 19.3 Å². The Morgan fingerprint density at radius 1 is 1.37 bits per heavy atom. The van der Waals surface area contributed by atoms with Gasteiger partial charge in [-0.2, -0.15) is 5.10 Å². The highest BCUT2D eigenvalue weighted by Gasteiger charge is 2.18. The van der Waals surface area contributed by atoms with Gasteiger partial charge in [0.15, 0.2) is 0 Å². The van der Waals surface area contributed by atoms with E-state index in [-0.39, 0.29) is 0 Å². The van der Waals surface area contributed by atoms with Gasteiger partial charge in [-0.1, -0.05) is 19.8 Å². The molecular formula is C14H19N5. The average molecular weight is 257 g/mol. The second kappa shape index (κ2) is 5.19. The van der Waals surface area contributed by atoms with Gasteiger partial charge >= 0.3 is 0 Å². The zero-order chi connectivity index (χ0) is 14.0. The normalized spacial score (nSPS) is 10.6. The SMILES string of the molecule is C#CCn1c(CC)nc(-c2cn(C)nc2CC)c1N. The van der Waals surface area contributed by atoms with Gasteiger partial charge < -0.3 is 10.3 Å². The fourth-order valence-corrected chi connectivity index (χ4v) is 2.24. The average Bonchev–Trinajstić information content (AvgIpc) is 2.91. The maximum atomic E-state index is 6.20. The van der Waals surface area contributed by atoms with E-state index in [1.807, 2.05) is 24.7 Å². The summed E-state index contributed by atoms with van der Waals surface area (Å²) in [6.07, 6.45) is 8.99. The molecule has 0 saturated heterocycles. The van der Waals surface area contributed by atoms with E-state index in [0.717, 1.165) is 35.6 Å². The molecule has 0 aliphatic carbocycles. The molecule has 0 fully saturated rings. The molecule has 2 aromatic rings. The maximum Gasteiger partial charge on any atom is 0.132 e. The second-order valence-electron chi connectivity index (χ2n) is 4.42. The minimum atomic E-state index is 0.448. The molecule has 100 valence electrons. The van der Waals surface area contributed by atoms with Crippen molar-refractivity contribution in [2.75, 3.05) is 5.73 Å². The van der Waals surface area contributed by atoms with Gasteiger partial charge in [0.1, 0.15) is 17.3 Å². The van der Waals surface area contributed by atoms with Crippen molar-refractivity contribution in [2.45, 2.75) is 33.2 Å². The summed E-state index contributed by atoms with van der Waals surface area (Å²) in [5.74, 6) is 4.16. The van der Waals surface area contributed by atoms with Crippen LogP contribution in [0.5, 0.6) is 0 Å². The number of aryl methyl sites for hydroxylation is 3. The monoisotopic (exact) mass is 257 g/mol. The first-order chi connectivity index (χ1) is 9.12. The third-order valence-corrected chi connectivity index (χ3v) is 3.15. The number of anilines is 1. The molecule has 0 radical (unpaired) electrons. The van der Waals surface area contributed by atoms with Gasteiger partial charge in [-0.3, -0.25) is 4.68 Å². The van der Waals surface area contributed by atoms with Crippen molar-refractivity contribution < 1.29 is 0 Å². The van der Waals surface area contributed by atoms with E-state index < -0.39 is 0 Å². The van der Waals surface area contributed by atoms with Crippen LogP contribution in [0, 0.1) is 12.3 Å². The Bertz CT molecular complexity index is 627. The van der Waals surface area contributed by atoms with Crippen LogP contribution in [0.15, 0.2) is 6.20 Å². The van der Waals surface area contributed by atoms with Gasteiger partial charge in [0.2, 0.25) is 0 Å². The Kier molecular flexibility index (Phi) is 3.61. The summed E-state index contributed by atoms with van der Waals surface area (Å²) in [6.45, 7) is 4.56. The molecule has 5 heteroatoms. The lowest BCUT2D eigenvalue weighted by Gasteiger charge is -2.03. The van der Waals surface area contributed by atoms with Crippen molar-refractivity contribution >= 4 is 5.82 Å². The number of hydrogen-bond acceptors (Lipinski definition) is 3. The van der Waals surface area contributed by atoms with Crippen LogP contribution in [0.2, 0.25) is 0 Å². The number of nitrogens with zero attached hydrogens (tertiary/aromatic N) is 4. The van der Waals surface area contributed by atoms with E-state index in [1.54, 1.807) is 4.68 Å². The van der Waals surface area contributed by atoms with E-state index in [0.29, 0.717) is 12.4 Å². The van der Waals surface area contributed by atoms with E-state index in [2.05, 4.69) is 22.9 Å². The molecule has 0 aliphatic heterocycles. The van der Waals surface area contributed by atoms with E-state index >= 15 is 0 Å². The lowest BCUT2D eigenvalue weighted by Crippen LogP contribution is -2.05. The second-order valence-corrected chi connectivity index (χ2v) is 4.42. The van der Waals surface area contributed by atoms with Crippen molar-refractivity contribution in [3.05, 3.63) is 17.7 Å². The minimum absolute atomic E-state index is 0.448. The van der Waals surface area contributed by atoms with Crippen LogP contribution in [0.4, 0.5) is 5.82 Å². The van der Waals surface area contributed by atoms with Gasteiger partial charge in [-0.15, -0.1) is 6.42 Å². The Balaban J connectivity index is 2.59. The number of nitrogen functional groups attached to an aromatic ring is 1. The first kappa shape index (κ1) is 13.2. The number of aromatic nitrogens is 4. The zero-order valence-corrected chi connectivity index (χ0v) is 11.6. The van der Waals surface area contributed by atoms with Gasteiger partial charge in [-0.05, 0) is 6.42 Å². The molecule has 0 unspecified atom stereocenters. The summed E-state index contributed by atoms with van der Waals surface area (Å²) < 4.78 is 3.68. The van der Waals surface area contributed by atoms with Crippen molar-refractivity contribution in [2.24, 2.45) is 7.05 Å². The quantitative estimate of drug-likeness (QED) is 0.847. The highest BCUT2D eigenvalue weighted by molar-refractivity contribution is 5.72. The fourth-order valence-electron chi connectivity index (χ4n) is 2.24. The topological polar surface area (TPSA) is 61.7 Å². The molecular weight excluding hydrogens is 238 g/mol. The van der Waals surface area contributed by atoms with Crippen LogP contribution in [0.3, 0.4) is 0 Å². The lowest BCUT2D eigenvalue weighted by molar-refractivity contribution is 0.746. The zero-order valence-electron chi connectivity index (χ0n) is 11.6. The molecule has 0 saturated carbocycles. The van der Waals surface area contributed by atoms with E-state index in [1.165, 1.54) is 0 Å². The lowest BCUT2D eigenvalue weighted by atomic mass is 10.1. The first-order valence-electron chi connectivity index (χ1n) is 6.43. The highest BCUT2D eigenvalue weighted by Crippen LogP contribution is 2.29. The summed E-state index contributed by atoms with van der Waals surface area (Å²) in [6, 6.07) is 0. The Morgan fingerprint density at radius 2 is 2.11 bits per heavy atom. The van der Waals surface area contributed by atoms with Crippen molar-refractivity contribution in [3.63, 3.8) is 0 Å². The standard InChI is InChI=1S/C14H19N5/c1-5-8-19-12(7-3)16-13(14(19)15)10-9-18(4)17-11(10)6-2/h1,9H,6-8,15H2,2-4H3. The molecule has 0 aromatic carbocycles. The molecule has 2 N–H and O–H groups in total. The Morgan fingerprint density at radius 3 is 2.68 bits per heavy atom. The molecule has 2 aromatic heterocycles. The van der Waals surface area contributed by atoms with Gasteiger partial charge in [-0.25, -0.2) is 4.98 Å². The van der Waals surface area contributed by atoms with Crippen LogP contribution in [0.1, 0.15) is 25.4 Å². The van der Waals surface area contributed by atoms with Crippen LogP contribution in [-0.4, -0.2) is 19.3 Å². The third-order valence-electron chi connectivity index (χ3n) is 3.15. The van der Waals surface area contributed by atoms with Gasteiger partial charge in [0, 0.05) is 25.2 Å². The fraction of sp³-hybridized carbons (Fsp3) is 0.429. The molecule has 5 nitrogen and oxygen atoms in total. The van der Waals surface area contributed by atoms with Crippen LogP contribution >= 0.6 is 0 Å². The number of hydrogen-bond donors (Lipinski definition) is 1. The molecule has 0 amide bonds. The van der Waals surface area contributed by atoms with E-state index in [4.69, 9.17) is 12.2 Å². The molecule has 2 heterocycles. The van der Waals surface area contributed by atoms with Crippen LogP contribution in [0.25, 0.3) is 11.3 Å². The predicted molar refractivity (Wildman–Crippen MR) is 76.4 cm³/mol. The van der Waals surface area contributed by atoms with E-state index in [9.17, 15) is 0 Å². The maximum absolute atomic E-state index is 6.20. The largest absolute Gasteiger partial charge is 0.383 e. The number of terminal acetylenes is 1. The van der Waals surface area contributed by atoms with Crippen LogP contribution in [-0.2, 0) is 26.4 Å². The van der Waals surface area contributed by atoms with Crippen LogP contribution < -0.4 is 5.73 Å². The summed E-state index contributed by atoms with van der Waals surface area (Å²) in [7, 11) is 1.90. The number of rotatable bonds is 4. The highest BCUT2D eigenvalue weighted by atomic mass is 15.3. The van der Waals surface area contributed by atoms with Gasteiger partial charge in [0.05, 0.1) is 12.2 Å². The third kappa shape index (κ3) is 2.22. The summed E-state index contributed by atoms with van der Waals surface area (Å²) in [4.78, 5) is 4.63. The smallest absolute Gasteiger partial charge is 0.132 e. The molecule has 19 heavy (non-hydrogen) atoms. The summed E-state index contributed by atoms with van der Waals surface area (Å²) in [5, 5.41) is 4.43.